The molecule has 2 unspecified atom stereocenters. The third-order valence-electron chi connectivity index (χ3n) is 8.26. The number of anilines is 1. The summed E-state index contributed by atoms with van der Waals surface area (Å²) >= 11 is 0. The zero-order chi connectivity index (χ0) is 35.5. The molecule has 8 nitrogen and oxygen atoms in total. The van der Waals surface area contributed by atoms with Crippen LogP contribution in [0.1, 0.15) is 109 Å². The van der Waals surface area contributed by atoms with E-state index in [9.17, 15) is 28.3 Å². The van der Waals surface area contributed by atoms with E-state index in [0.717, 1.165) is 61.0 Å². The Kier molecular flexibility index (Phi) is 14.7. The smallest absolute Gasteiger partial charge is 0.417 e. The fourth-order valence-electron chi connectivity index (χ4n) is 5.13. The summed E-state index contributed by atoms with van der Waals surface area (Å²) in [6, 6.07) is 10.1. The maximum atomic E-state index is 13.1. The van der Waals surface area contributed by atoms with E-state index in [1.165, 1.54) is 24.3 Å². The zero-order valence-electron chi connectivity index (χ0n) is 28.6. The van der Waals surface area contributed by atoms with E-state index in [-0.39, 0.29) is 29.2 Å². The number of phenolic OH excluding ortho intramolecular Hbond substituents is 1. The molecular formula is C36H49F3N5O3+. The number of unbranched alkanes of at least 4 members (excludes halogenated alkanes) is 1. The predicted molar refractivity (Wildman–Crippen MR) is 179 cm³/mol. The Labute approximate surface area is 276 Å². The highest BCUT2D eigenvalue weighted by Crippen LogP contribution is 2.32. The number of amidine groups is 1. The Balaban J connectivity index is 0.000000492. The monoisotopic (exact) mass is 656 g/mol. The summed E-state index contributed by atoms with van der Waals surface area (Å²) in [6.07, 6.45) is 2.05. The summed E-state index contributed by atoms with van der Waals surface area (Å²) in [5.41, 5.74) is 5.66. The lowest BCUT2D eigenvalue weighted by molar-refractivity contribution is -0.415. The fraction of sp³-hybridized carbons (Fsp3) is 0.472. The van der Waals surface area contributed by atoms with Gasteiger partial charge >= 0.3 is 12.1 Å². The van der Waals surface area contributed by atoms with Crippen molar-refractivity contribution in [3.63, 3.8) is 0 Å². The number of nitrogens with zero attached hydrogens (tertiary/aromatic N) is 3. The third kappa shape index (κ3) is 10.2. The summed E-state index contributed by atoms with van der Waals surface area (Å²) in [5.74, 6) is 0.497. The van der Waals surface area contributed by atoms with Crippen molar-refractivity contribution in [2.45, 2.75) is 106 Å². The van der Waals surface area contributed by atoms with Crippen molar-refractivity contribution < 1.29 is 32.9 Å². The van der Waals surface area contributed by atoms with Crippen molar-refractivity contribution in [2.24, 2.45) is 5.92 Å². The maximum Gasteiger partial charge on any atom is 0.417 e. The first-order valence-corrected chi connectivity index (χ1v) is 16.2. The number of phenols is 1. The number of hydrazine groups is 1. The van der Waals surface area contributed by atoms with Crippen LogP contribution in [0.25, 0.3) is 0 Å². The molecule has 47 heavy (non-hydrogen) atoms. The minimum absolute atomic E-state index is 0.0159. The number of carbonyl (C=O) groups is 1. The molecule has 1 heterocycles. The van der Waals surface area contributed by atoms with Crippen molar-refractivity contribution in [1.29, 1.82) is 5.26 Å². The molecule has 0 bridgehead atoms. The van der Waals surface area contributed by atoms with Gasteiger partial charge < -0.3 is 5.11 Å². The van der Waals surface area contributed by atoms with Gasteiger partial charge in [-0.2, -0.15) is 28.2 Å². The molecule has 0 fully saturated rings. The third-order valence-corrected chi connectivity index (χ3v) is 8.26. The summed E-state index contributed by atoms with van der Waals surface area (Å²) in [4.78, 5) is 13.1. The summed E-state index contributed by atoms with van der Waals surface area (Å²) in [5, 5.41) is 33.9. The van der Waals surface area contributed by atoms with E-state index in [1.54, 1.807) is 19.1 Å². The van der Waals surface area contributed by atoms with E-state index < -0.39 is 11.7 Å². The molecule has 0 saturated heterocycles. The molecule has 0 aromatic heterocycles. The molecule has 0 saturated carbocycles. The van der Waals surface area contributed by atoms with Crippen molar-refractivity contribution in [3.8, 4) is 11.8 Å². The highest BCUT2D eigenvalue weighted by molar-refractivity contribution is 6.15. The average molecular weight is 657 g/mol. The number of nitrogens with one attached hydrogen (secondary N) is 2. The maximum absolute atomic E-state index is 13.1. The van der Waals surface area contributed by atoms with E-state index >= 15 is 0 Å². The van der Waals surface area contributed by atoms with Gasteiger partial charge in [-0.1, -0.05) is 65.7 Å². The van der Waals surface area contributed by atoms with Gasteiger partial charge in [0.15, 0.2) is 0 Å². The van der Waals surface area contributed by atoms with Gasteiger partial charge in [0.1, 0.15) is 17.0 Å². The van der Waals surface area contributed by atoms with Crippen LogP contribution in [0.15, 0.2) is 59.9 Å². The van der Waals surface area contributed by atoms with Crippen LogP contribution in [0.2, 0.25) is 0 Å². The van der Waals surface area contributed by atoms with Gasteiger partial charge in [0.05, 0.1) is 22.9 Å². The van der Waals surface area contributed by atoms with E-state index in [4.69, 9.17) is 5.26 Å². The molecule has 4 N–H and O–H groups in total. The number of aryl methyl sites for hydroxylation is 1. The van der Waals surface area contributed by atoms with Gasteiger partial charge in [-0.25, -0.2) is 15.5 Å². The normalized spacial score (nSPS) is 15.3. The summed E-state index contributed by atoms with van der Waals surface area (Å²) in [6.45, 7) is 18.3. The van der Waals surface area contributed by atoms with Crippen LogP contribution < -0.4 is 15.9 Å². The largest absolute Gasteiger partial charge is 0.507 e. The lowest BCUT2D eigenvalue weighted by Gasteiger charge is -2.25. The second-order valence-corrected chi connectivity index (χ2v) is 11.8. The van der Waals surface area contributed by atoms with Gasteiger partial charge in [-0.15, -0.1) is 0 Å². The van der Waals surface area contributed by atoms with E-state index in [1.807, 2.05) is 11.5 Å². The predicted octanol–water partition coefficient (Wildman–Crippen LogP) is 8.47. The minimum Gasteiger partial charge on any atom is -0.507 e. The highest BCUT2D eigenvalue weighted by Gasteiger charge is 2.41. The molecule has 1 aliphatic heterocycles. The lowest BCUT2D eigenvalue weighted by Crippen LogP contribution is -2.42. The number of aromatic hydroxyl groups is 1. The summed E-state index contributed by atoms with van der Waals surface area (Å²) < 4.78 is 38.6. The van der Waals surface area contributed by atoms with Gasteiger partial charge in [0, 0.05) is 12.5 Å². The van der Waals surface area contributed by atoms with Crippen molar-refractivity contribution in [2.75, 3.05) is 5.17 Å². The number of benzene rings is 2. The molecule has 1 aliphatic rings. The molecule has 3 rings (SSSR count). The Morgan fingerprint density at radius 1 is 1.13 bits per heavy atom. The van der Waals surface area contributed by atoms with Crippen LogP contribution in [0.5, 0.6) is 5.75 Å². The van der Waals surface area contributed by atoms with Crippen LogP contribution in [-0.4, -0.2) is 32.7 Å². The fourth-order valence-corrected chi connectivity index (χ4v) is 5.13. The number of alkyl halides is 3. The number of carbonyl (C=O) groups excluding carboxylic acids is 1. The van der Waals surface area contributed by atoms with Gasteiger partial charge in [-0.05, 0) is 81.4 Å². The van der Waals surface area contributed by atoms with Crippen LogP contribution in [-0.2, 0) is 11.0 Å². The lowest BCUT2D eigenvalue weighted by atomic mass is 9.97. The summed E-state index contributed by atoms with van der Waals surface area (Å²) in [7, 11) is 0. The number of hydrogen-bond donors (Lipinski definition) is 4. The Hall–Kier alpha value is -4.14. The molecule has 0 radical (unpaired) electrons. The molecule has 11 heteroatoms. The van der Waals surface area contributed by atoms with Gasteiger partial charge in [-0.3, -0.25) is 5.21 Å². The van der Waals surface area contributed by atoms with Crippen molar-refractivity contribution in [3.05, 3.63) is 82.2 Å². The molecule has 2 atom stereocenters. The number of hydrogen-bond acceptors (Lipinski definition) is 6. The molecule has 0 spiro atoms. The van der Waals surface area contributed by atoms with Gasteiger partial charge in [0.2, 0.25) is 5.70 Å². The molecule has 1 amide bonds. The van der Waals surface area contributed by atoms with Crippen LogP contribution in [0, 0.1) is 24.2 Å². The minimum atomic E-state index is -4.45. The first-order chi connectivity index (χ1) is 22.1. The van der Waals surface area contributed by atoms with Gasteiger partial charge in [0.25, 0.3) is 5.84 Å². The van der Waals surface area contributed by atoms with Crippen LogP contribution in [0.3, 0.4) is 0 Å². The van der Waals surface area contributed by atoms with Crippen LogP contribution >= 0.6 is 0 Å². The second-order valence-electron chi connectivity index (χ2n) is 11.8. The zero-order valence-corrected chi connectivity index (χ0v) is 28.6. The van der Waals surface area contributed by atoms with Crippen molar-refractivity contribution in [1.82, 2.24) is 10.7 Å². The standard InChI is InChI=1S/C27H42N4O3.C9H6F3N/c1-8-12-14-21(11-4)29-31(34)22-15-16-24(32)23(17-22)26-28-27(33)25(20(7)18(5)10-3)30(26)19(6)13-9-2;1-6-2-3-7(5-13)8(4-6)9(10,11)12/h15-18,21,29,34H,6,8-14H2,1-5,7H3,(H,28,32,33);2-4H,1H3/p+1/b25-20-;. The molecule has 0 aliphatic carbocycles. The van der Waals surface area contributed by atoms with E-state index in [2.05, 4.69) is 51.9 Å². The first kappa shape index (κ1) is 39.0. The molecule has 2 aromatic carbocycles. The number of nitriles is 1. The Morgan fingerprint density at radius 2 is 1.81 bits per heavy atom. The topological polar surface area (TPSA) is 112 Å². The number of rotatable bonds is 13. The Morgan fingerprint density at radius 3 is 2.36 bits per heavy atom. The van der Waals surface area contributed by atoms with Crippen molar-refractivity contribution >= 4 is 17.4 Å². The molecule has 2 aromatic rings. The quantitative estimate of drug-likeness (QED) is 0.0978. The highest BCUT2D eigenvalue weighted by atomic mass is 19.4. The second kappa shape index (κ2) is 17.7. The molecule has 256 valence electrons. The first-order valence-electron chi connectivity index (χ1n) is 16.2. The SMILES string of the molecule is C=C(CCC)[N+]1=C(c2cc(N(O)NC(CC)CCCC)ccc2O)NC(=O)/C1=C(\C)C(C)CC.Cc1ccc(C#N)c(C(F)(F)F)c1. The number of allylic oxidation sites excluding steroid dienone is 2. The Bertz CT molecular complexity index is 1520. The average Bonchev–Trinajstić information content (AvgIpc) is 3.38. The molecular weight excluding hydrogens is 607 g/mol. The van der Waals surface area contributed by atoms with Crippen LogP contribution in [0.4, 0.5) is 18.9 Å². The number of amides is 1. The van der Waals surface area contributed by atoms with E-state index in [0.29, 0.717) is 34.8 Å². The number of halogens is 3.